The van der Waals surface area contributed by atoms with Gasteiger partial charge in [0, 0.05) is 11.8 Å². The highest BCUT2D eigenvalue weighted by Gasteiger charge is 2.39. The Morgan fingerprint density at radius 3 is 2.28 bits per heavy atom. The normalized spacial score (nSPS) is 13.9. The third kappa shape index (κ3) is 4.78. The predicted molar refractivity (Wildman–Crippen MR) is 124 cm³/mol. The summed E-state index contributed by atoms with van der Waals surface area (Å²) in [6.45, 7) is 8.21. The van der Waals surface area contributed by atoms with Crippen LogP contribution in [0.3, 0.4) is 0 Å². The average molecular weight is 439 g/mol. The summed E-state index contributed by atoms with van der Waals surface area (Å²) in [5, 5.41) is 3.16. The quantitative estimate of drug-likeness (QED) is 0.598. The smallest absolute Gasteiger partial charge is 0.278 e. The van der Waals surface area contributed by atoms with Crippen LogP contribution in [0.15, 0.2) is 42.1 Å². The fourth-order valence-corrected chi connectivity index (χ4v) is 3.68. The SMILES string of the molecule is COc1ccc(NC2=C(c3ccc(C)cc3C)C(=O)N(CCOC(C)C)C2=O)cc1OC. The molecular formula is C25H30N2O5. The minimum atomic E-state index is -0.382. The van der Waals surface area contributed by atoms with E-state index in [-0.39, 0.29) is 36.8 Å². The number of ether oxygens (including phenoxy) is 3. The molecule has 1 N–H and O–H groups in total. The fourth-order valence-electron chi connectivity index (χ4n) is 3.68. The lowest BCUT2D eigenvalue weighted by Gasteiger charge is -2.17. The average Bonchev–Trinajstić information content (AvgIpc) is 2.98. The van der Waals surface area contributed by atoms with Crippen LogP contribution < -0.4 is 14.8 Å². The number of carbonyl (C=O) groups excluding carboxylic acids is 2. The Balaban J connectivity index is 2.03. The van der Waals surface area contributed by atoms with Crippen molar-refractivity contribution in [2.24, 2.45) is 0 Å². The third-order valence-electron chi connectivity index (χ3n) is 5.24. The van der Waals surface area contributed by atoms with Gasteiger partial charge in [-0.3, -0.25) is 14.5 Å². The van der Waals surface area contributed by atoms with Gasteiger partial charge >= 0.3 is 0 Å². The van der Waals surface area contributed by atoms with E-state index in [1.165, 1.54) is 4.90 Å². The summed E-state index contributed by atoms with van der Waals surface area (Å²) in [6, 6.07) is 11.1. The van der Waals surface area contributed by atoms with Crippen LogP contribution in [0.5, 0.6) is 11.5 Å². The van der Waals surface area contributed by atoms with Crippen LogP contribution in [0.4, 0.5) is 5.69 Å². The molecule has 7 nitrogen and oxygen atoms in total. The number of amides is 2. The molecule has 2 aromatic rings. The van der Waals surface area contributed by atoms with Gasteiger partial charge in [0.2, 0.25) is 0 Å². The van der Waals surface area contributed by atoms with Crippen LogP contribution in [-0.4, -0.2) is 50.2 Å². The van der Waals surface area contributed by atoms with E-state index < -0.39 is 0 Å². The molecule has 0 radical (unpaired) electrons. The lowest BCUT2D eigenvalue weighted by atomic mass is 9.97. The Kier molecular flexibility index (Phi) is 7.20. The van der Waals surface area contributed by atoms with Crippen molar-refractivity contribution in [3.8, 4) is 11.5 Å². The largest absolute Gasteiger partial charge is 0.493 e. The number of rotatable bonds is 9. The molecule has 3 rings (SSSR count). The summed E-state index contributed by atoms with van der Waals surface area (Å²) >= 11 is 0. The first-order chi connectivity index (χ1) is 15.3. The maximum atomic E-state index is 13.4. The van der Waals surface area contributed by atoms with E-state index in [2.05, 4.69) is 5.32 Å². The summed E-state index contributed by atoms with van der Waals surface area (Å²) in [6.07, 6.45) is 0.0129. The molecule has 0 unspecified atom stereocenters. The number of nitrogens with zero attached hydrogens (tertiary/aromatic N) is 1. The van der Waals surface area contributed by atoms with Crippen LogP contribution in [0.1, 0.15) is 30.5 Å². The molecule has 1 aliphatic heterocycles. The molecule has 2 amide bonds. The monoisotopic (exact) mass is 438 g/mol. The van der Waals surface area contributed by atoms with Gasteiger partial charge < -0.3 is 19.5 Å². The van der Waals surface area contributed by atoms with Gasteiger partial charge in [-0.25, -0.2) is 0 Å². The molecule has 7 heteroatoms. The van der Waals surface area contributed by atoms with Crippen LogP contribution >= 0.6 is 0 Å². The molecule has 0 aromatic heterocycles. The second-order valence-electron chi connectivity index (χ2n) is 7.94. The molecule has 1 aliphatic rings. The number of carbonyl (C=O) groups is 2. The molecule has 32 heavy (non-hydrogen) atoms. The molecule has 1 heterocycles. The molecule has 0 saturated carbocycles. The molecule has 0 bridgehead atoms. The third-order valence-corrected chi connectivity index (χ3v) is 5.24. The molecule has 0 atom stereocenters. The number of aryl methyl sites for hydroxylation is 2. The van der Waals surface area contributed by atoms with Gasteiger partial charge in [-0.1, -0.05) is 23.8 Å². The molecular weight excluding hydrogens is 408 g/mol. The fraction of sp³-hybridized carbons (Fsp3) is 0.360. The maximum absolute atomic E-state index is 13.4. The molecule has 0 spiro atoms. The minimum absolute atomic E-state index is 0.0129. The second-order valence-corrected chi connectivity index (χ2v) is 7.94. The summed E-state index contributed by atoms with van der Waals surface area (Å²) < 4.78 is 16.2. The van der Waals surface area contributed by atoms with E-state index in [9.17, 15) is 9.59 Å². The van der Waals surface area contributed by atoms with E-state index in [0.29, 0.717) is 22.8 Å². The van der Waals surface area contributed by atoms with E-state index >= 15 is 0 Å². The second kappa shape index (κ2) is 9.87. The number of imide groups is 1. The van der Waals surface area contributed by atoms with Crippen molar-refractivity contribution in [2.45, 2.75) is 33.8 Å². The molecule has 2 aromatic carbocycles. The zero-order valence-corrected chi connectivity index (χ0v) is 19.4. The van der Waals surface area contributed by atoms with Crippen molar-refractivity contribution in [1.82, 2.24) is 4.90 Å². The predicted octanol–water partition coefficient (Wildman–Crippen LogP) is 3.94. The van der Waals surface area contributed by atoms with Gasteiger partial charge in [0.25, 0.3) is 11.8 Å². The van der Waals surface area contributed by atoms with Crippen molar-refractivity contribution in [3.63, 3.8) is 0 Å². The maximum Gasteiger partial charge on any atom is 0.278 e. The zero-order valence-electron chi connectivity index (χ0n) is 19.4. The summed E-state index contributed by atoms with van der Waals surface area (Å²) in [7, 11) is 3.10. The zero-order chi connectivity index (χ0) is 23.4. The van der Waals surface area contributed by atoms with E-state index in [0.717, 1.165) is 16.7 Å². The van der Waals surface area contributed by atoms with Crippen LogP contribution in [-0.2, 0) is 14.3 Å². The van der Waals surface area contributed by atoms with Crippen molar-refractivity contribution >= 4 is 23.1 Å². The number of hydrogen-bond donors (Lipinski definition) is 1. The van der Waals surface area contributed by atoms with Gasteiger partial charge in [0.15, 0.2) is 11.5 Å². The number of anilines is 1. The van der Waals surface area contributed by atoms with Gasteiger partial charge in [0.1, 0.15) is 5.70 Å². The van der Waals surface area contributed by atoms with Crippen molar-refractivity contribution in [2.75, 3.05) is 32.7 Å². The van der Waals surface area contributed by atoms with Crippen LogP contribution in [0.25, 0.3) is 5.57 Å². The number of hydrogen-bond acceptors (Lipinski definition) is 6. The Morgan fingerprint density at radius 1 is 0.938 bits per heavy atom. The molecule has 0 aliphatic carbocycles. The molecule has 0 saturated heterocycles. The highest BCUT2D eigenvalue weighted by atomic mass is 16.5. The first-order valence-corrected chi connectivity index (χ1v) is 10.6. The Hall–Kier alpha value is -3.32. The summed E-state index contributed by atoms with van der Waals surface area (Å²) in [5.74, 6) is 0.373. The van der Waals surface area contributed by atoms with Gasteiger partial charge in [0.05, 0.1) is 39.0 Å². The van der Waals surface area contributed by atoms with Crippen LogP contribution in [0, 0.1) is 13.8 Å². The van der Waals surface area contributed by atoms with Crippen LogP contribution in [0.2, 0.25) is 0 Å². The van der Waals surface area contributed by atoms with Gasteiger partial charge in [-0.2, -0.15) is 0 Å². The Bertz CT molecular complexity index is 1060. The molecule has 0 fully saturated rings. The van der Waals surface area contributed by atoms with E-state index in [4.69, 9.17) is 14.2 Å². The highest BCUT2D eigenvalue weighted by molar-refractivity contribution is 6.36. The van der Waals surface area contributed by atoms with E-state index in [1.54, 1.807) is 32.4 Å². The Labute approximate surface area is 189 Å². The lowest BCUT2D eigenvalue weighted by molar-refractivity contribution is -0.137. The number of nitrogens with one attached hydrogen (secondary N) is 1. The van der Waals surface area contributed by atoms with Crippen molar-refractivity contribution in [1.29, 1.82) is 0 Å². The first kappa shape index (κ1) is 23.3. The van der Waals surface area contributed by atoms with E-state index in [1.807, 2.05) is 45.9 Å². The molecule has 170 valence electrons. The van der Waals surface area contributed by atoms with Gasteiger partial charge in [-0.15, -0.1) is 0 Å². The standard InChI is InChI=1S/C25H30N2O5/c1-15(2)32-12-11-27-24(28)22(19-9-7-16(3)13-17(19)4)23(25(27)29)26-18-8-10-20(30-5)21(14-18)31-6/h7-10,13-15,26H,11-12H2,1-6H3. The lowest BCUT2D eigenvalue weighted by Crippen LogP contribution is -2.35. The summed E-state index contributed by atoms with van der Waals surface area (Å²) in [4.78, 5) is 27.9. The first-order valence-electron chi connectivity index (χ1n) is 10.6. The number of benzene rings is 2. The summed E-state index contributed by atoms with van der Waals surface area (Å²) in [5.41, 5.74) is 3.93. The topological polar surface area (TPSA) is 77.1 Å². The number of methoxy groups -OCH3 is 2. The minimum Gasteiger partial charge on any atom is -0.493 e. The van der Waals surface area contributed by atoms with Crippen molar-refractivity contribution < 1.29 is 23.8 Å². The van der Waals surface area contributed by atoms with Crippen molar-refractivity contribution in [3.05, 3.63) is 58.8 Å². The Morgan fingerprint density at radius 2 is 1.66 bits per heavy atom. The highest BCUT2D eigenvalue weighted by Crippen LogP contribution is 2.35. The van der Waals surface area contributed by atoms with Gasteiger partial charge in [-0.05, 0) is 51.0 Å².